The Kier molecular flexibility index (Phi) is 5.66. The van der Waals surface area contributed by atoms with Crippen molar-refractivity contribution in [3.8, 4) is 0 Å². The number of hydrogen-bond donors (Lipinski definition) is 0. The predicted octanol–water partition coefficient (Wildman–Crippen LogP) is 3.61. The van der Waals surface area contributed by atoms with Crippen molar-refractivity contribution in [3.63, 3.8) is 0 Å². The fourth-order valence-corrected chi connectivity index (χ4v) is 2.07. The molecule has 0 radical (unpaired) electrons. The van der Waals surface area contributed by atoms with E-state index in [1.807, 2.05) is 0 Å². The molecular weight excluding hydrogens is 212 g/mol. The second kappa shape index (κ2) is 6.77. The van der Waals surface area contributed by atoms with Crippen molar-refractivity contribution >= 4 is 0 Å². The zero-order valence-corrected chi connectivity index (χ0v) is 11.6. The summed E-state index contributed by atoms with van der Waals surface area (Å²) < 4.78 is 10.5. The molecule has 0 aliphatic carbocycles. The van der Waals surface area contributed by atoms with Gasteiger partial charge in [-0.3, -0.25) is 0 Å². The van der Waals surface area contributed by atoms with Gasteiger partial charge in [0.1, 0.15) is 0 Å². The maximum atomic E-state index is 5.27. The van der Waals surface area contributed by atoms with E-state index < -0.39 is 0 Å². The standard InChI is InChI=1S/C15H24O2/c1-11(2)14-8-6-13(7-9-14)10-12(3)15(16-4)17-5/h6-9,11-12,15H,10H2,1-5H3. The third kappa shape index (κ3) is 4.14. The van der Waals surface area contributed by atoms with Gasteiger partial charge in [-0.25, -0.2) is 0 Å². The second-order valence-corrected chi connectivity index (χ2v) is 4.92. The monoisotopic (exact) mass is 236 g/mol. The first kappa shape index (κ1) is 14.2. The van der Waals surface area contributed by atoms with E-state index in [9.17, 15) is 0 Å². The number of methoxy groups -OCH3 is 2. The Labute approximate surface area is 105 Å². The molecule has 0 heterocycles. The highest BCUT2D eigenvalue weighted by atomic mass is 16.7. The Morgan fingerprint density at radius 3 is 1.88 bits per heavy atom. The summed E-state index contributed by atoms with van der Waals surface area (Å²) in [6.45, 7) is 6.57. The third-order valence-electron chi connectivity index (χ3n) is 3.13. The van der Waals surface area contributed by atoms with Crippen LogP contribution in [0.5, 0.6) is 0 Å². The van der Waals surface area contributed by atoms with Crippen molar-refractivity contribution in [1.29, 1.82) is 0 Å². The van der Waals surface area contributed by atoms with Gasteiger partial charge >= 0.3 is 0 Å². The van der Waals surface area contributed by atoms with Crippen LogP contribution in [-0.2, 0) is 15.9 Å². The van der Waals surface area contributed by atoms with Crippen LogP contribution >= 0.6 is 0 Å². The van der Waals surface area contributed by atoms with Gasteiger partial charge in [-0.15, -0.1) is 0 Å². The number of ether oxygens (including phenoxy) is 2. The molecule has 0 amide bonds. The van der Waals surface area contributed by atoms with Gasteiger partial charge in [0.25, 0.3) is 0 Å². The third-order valence-corrected chi connectivity index (χ3v) is 3.13. The van der Waals surface area contributed by atoms with Crippen LogP contribution in [0, 0.1) is 5.92 Å². The molecule has 0 saturated carbocycles. The maximum Gasteiger partial charge on any atom is 0.159 e. The van der Waals surface area contributed by atoms with Crippen molar-refractivity contribution in [2.75, 3.05) is 14.2 Å². The van der Waals surface area contributed by atoms with E-state index in [-0.39, 0.29) is 6.29 Å². The van der Waals surface area contributed by atoms with Crippen LogP contribution in [0.4, 0.5) is 0 Å². The summed E-state index contributed by atoms with van der Waals surface area (Å²) >= 11 is 0. The molecule has 1 rings (SSSR count). The summed E-state index contributed by atoms with van der Waals surface area (Å²) in [6, 6.07) is 8.82. The minimum atomic E-state index is -0.125. The molecule has 2 nitrogen and oxygen atoms in total. The second-order valence-electron chi connectivity index (χ2n) is 4.92. The molecule has 0 saturated heterocycles. The Balaban J connectivity index is 2.62. The summed E-state index contributed by atoms with van der Waals surface area (Å²) in [7, 11) is 3.37. The predicted molar refractivity (Wildman–Crippen MR) is 71.2 cm³/mol. The minimum absolute atomic E-state index is 0.125. The topological polar surface area (TPSA) is 18.5 Å². The zero-order chi connectivity index (χ0) is 12.8. The molecule has 1 unspecified atom stereocenters. The summed E-state index contributed by atoms with van der Waals surface area (Å²) in [5.74, 6) is 0.946. The highest BCUT2D eigenvalue weighted by Gasteiger charge is 2.16. The highest BCUT2D eigenvalue weighted by molar-refractivity contribution is 5.24. The lowest BCUT2D eigenvalue weighted by atomic mass is 9.97. The lowest BCUT2D eigenvalue weighted by Gasteiger charge is -2.21. The van der Waals surface area contributed by atoms with E-state index in [4.69, 9.17) is 9.47 Å². The van der Waals surface area contributed by atoms with E-state index in [2.05, 4.69) is 45.0 Å². The summed E-state index contributed by atoms with van der Waals surface area (Å²) in [5, 5.41) is 0. The van der Waals surface area contributed by atoms with Crippen LogP contribution in [0.2, 0.25) is 0 Å². The van der Waals surface area contributed by atoms with Gasteiger partial charge < -0.3 is 9.47 Å². The first-order chi connectivity index (χ1) is 8.08. The molecule has 17 heavy (non-hydrogen) atoms. The van der Waals surface area contributed by atoms with Gasteiger partial charge in [0.15, 0.2) is 6.29 Å². The van der Waals surface area contributed by atoms with Gasteiger partial charge in [0.05, 0.1) is 0 Å². The lowest BCUT2D eigenvalue weighted by molar-refractivity contribution is -0.132. The van der Waals surface area contributed by atoms with Crippen molar-refractivity contribution in [2.24, 2.45) is 5.92 Å². The smallest absolute Gasteiger partial charge is 0.159 e. The van der Waals surface area contributed by atoms with Crippen molar-refractivity contribution in [1.82, 2.24) is 0 Å². The van der Waals surface area contributed by atoms with E-state index in [1.165, 1.54) is 11.1 Å². The zero-order valence-electron chi connectivity index (χ0n) is 11.6. The van der Waals surface area contributed by atoms with Crippen LogP contribution < -0.4 is 0 Å². The lowest BCUT2D eigenvalue weighted by Crippen LogP contribution is -2.24. The van der Waals surface area contributed by atoms with E-state index in [1.54, 1.807) is 14.2 Å². The van der Waals surface area contributed by atoms with E-state index in [0.29, 0.717) is 11.8 Å². The van der Waals surface area contributed by atoms with Crippen molar-refractivity contribution in [2.45, 2.75) is 39.4 Å². The molecule has 1 aromatic rings. The minimum Gasteiger partial charge on any atom is -0.356 e. The molecule has 0 spiro atoms. The van der Waals surface area contributed by atoms with Crippen LogP contribution in [-0.4, -0.2) is 20.5 Å². The largest absolute Gasteiger partial charge is 0.356 e. The average molecular weight is 236 g/mol. The van der Waals surface area contributed by atoms with Gasteiger partial charge in [0, 0.05) is 20.1 Å². The van der Waals surface area contributed by atoms with Gasteiger partial charge in [0.2, 0.25) is 0 Å². The van der Waals surface area contributed by atoms with Crippen molar-refractivity contribution in [3.05, 3.63) is 35.4 Å². The molecule has 0 N–H and O–H groups in total. The first-order valence-corrected chi connectivity index (χ1v) is 6.23. The van der Waals surface area contributed by atoms with E-state index in [0.717, 1.165) is 6.42 Å². The van der Waals surface area contributed by atoms with Gasteiger partial charge in [-0.1, -0.05) is 45.0 Å². The molecule has 1 aromatic carbocycles. The van der Waals surface area contributed by atoms with Crippen LogP contribution in [0.25, 0.3) is 0 Å². The SMILES string of the molecule is COC(OC)C(C)Cc1ccc(C(C)C)cc1. The number of benzene rings is 1. The molecular formula is C15H24O2. The average Bonchev–Trinajstić information content (AvgIpc) is 2.31. The Hall–Kier alpha value is -0.860. The van der Waals surface area contributed by atoms with E-state index >= 15 is 0 Å². The number of hydrogen-bond acceptors (Lipinski definition) is 2. The molecule has 0 aromatic heterocycles. The van der Waals surface area contributed by atoms with Crippen molar-refractivity contribution < 1.29 is 9.47 Å². The maximum absolute atomic E-state index is 5.27. The van der Waals surface area contributed by atoms with Crippen LogP contribution in [0.3, 0.4) is 0 Å². The quantitative estimate of drug-likeness (QED) is 0.702. The Morgan fingerprint density at radius 2 is 1.47 bits per heavy atom. The molecule has 96 valence electrons. The Morgan fingerprint density at radius 1 is 0.941 bits per heavy atom. The molecule has 0 aliphatic rings. The molecule has 0 bridgehead atoms. The Bertz CT molecular complexity index is 312. The summed E-state index contributed by atoms with van der Waals surface area (Å²) in [4.78, 5) is 0. The van der Waals surface area contributed by atoms with Gasteiger partial charge in [-0.05, 0) is 23.5 Å². The molecule has 1 atom stereocenters. The number of rotatable bonds is 6. The summed E-state index contributed by atoms with van der Waals surface area (Å²) in [6.07, 6.45) is 0.852. The normalized spacial score (nSPS) is 13.4. The summed E-state index contributed by atoms with van der Waals surface area (Å²) in [5.41, 5.74) is 2.72. The van der Waals surface area contributed by atoms with Gasteiger partial charge in [-0.2, -0.15) is 0 Å². The molecule has 0 fully saturated rings. The highest BCUT2D eigenvalue weighted by Crippen LogP contribution is 2.18. The molecule has 0 aliphatic heterocycles. The van der Waals surface area contributed by atoms with Crippen LogP contribution in [0.1, 0.15) is 37.8 Å². The van der Waals surface area contributed by atoms with Crippen LogP contribution in [0.15, 0.2) is 24.3 Å². The first-order valence-electron chi connectivity index (χ1n) is 6.23. The molecule has 2 heteroatoms. The fraction of sp³-hybridized carbons (Fsp3) is 0.600. The fourth-order valence-electron chi connectivity index (χ4n) is 2.07.